The van der Waals surface area contributed by atoms with Crippen LogP contribution in [0.2, 0.25) is 0 Å². The van der Waals surface area contributed by atoms with E-state index in [1.165, 1.54) is 0 Å². The van der Waals surface area contributed by atoms with Crippen LogP contribution in [0.25, 0.3) is 23.3 Å². The molecule has 6 nitrogen and oxygen atoms in total. The summed E-state index contributed by atoms with van der Waals surface area (Å²) in [4.78, 5) is 13.8. The van der Waals surface area contributed by atoms with Crippen LogP contribution in [0.5, 0.6) is 5.75 Å². The molecule has 2 N–H and O–H groups in total. The molecular formula is C31H32N2O4. The molecule has 0 spiro atoms. The van der Waals surface area contributed by atoms with Gasteiger partial charge in [0.1, 0.15) is 24.5 Å². The summed E-state index contributed by atoms with van der Waals surface area (Å²) in [6.07, 6.45) is 6.45. The summed E-state index contributed by atoms with van der Waals surface area (Å²) in [5, 5.41) is 29.0. The fourth-order valence-corrected chi connectivity index (χ4v) is 4.89. The third kappa shape index (κ3) is 6.26. The molecule has 1 saturated heterocycles. The Morgan fingerprint density at radius 2 is 1.89 bits per heavy atom. The van der Waals surface area contributed by atoms with E-state index in [9.17, 15) is 20.3 Å². The minimum Gasteiger partial charge on any atom is -0.491 e. The Bertz CT molecular complexity index is 1310. The molecule has 4 rings (SSSR count). The van der Waals surface area contributed by atoms with Gasteiger partial charge in [-0.25, -0.2) is 0 Å². The van der Waals surface area contributed by atoms with Gasteiger partial charge in [-0.15, -0.1) is 0 Å². The van der Waals surface area contributed by atoms with Gasteiger partial charge in [-0.3, -0.25) is 9.69 Å². The van der Waals surface area contributed by atoms with Crippen molar-refractivity contribution in [2.75, 3.05) is 19.8 Å². The Morgan fingerprint density at radius 3 is 2.62 bits per heavy atom. The molecule has 1 fully saturated rings. The van der Waals surface area contributed by atoms with E-state index in [2.05, 4.69) is 6.07 Å². The van der Waals surface area contributed by atoms with Crippen LogP contribution in [0.3, 0.4) is 0 Å². The van der Waals surface area contributed by atoms with Crippen LogP contribution in [-0.2, 0) is 11.3 Å². The molecule has 1 heterocycles. The van der Waals surface area contributed by atoms with Crippen molar-refractivity contribution in [2.45, 2.75) is 38.8 Å². The quantitative estimate of drug-likeness (QED) is 0.379. The molecule has 6 heteroatoms. The van der Waals surface area contributed by atoms with E-state index in [0.717, 1.165) is 46.2 Å². The SMILES string of the molecule is Cc1cc(OCCO)c(CN2CCCCC2C(=O)O)cc1/C=C/c1cccc(-c2ccccc2)c1C#N. The maximum Gasteiger partial charge on any atom is 0.320 e. The number of aliphatic carboxylic acids is 1. The van der Waals surface area contributed by atoms with Crippen molar-refractivity contribution in [2.24, 2.45) is 0 Å². The number of aryl methyl sites for hydroxylation is 1. The molecular weight excluding hydrogens is 464 g/mol. The summed E-state index contributed by atoms with van der Waals surface area (Å²) in [7, 11) is 0. The van der Waals surface area contributed by atoms with Gasteiger partial charge in [0.2, 0.25) is 0 Å². The lowest BCUT2D eigenvalue weighted by molar-refractivity contribution is -0.144. The molecule has 0 aliphatic carbocycles. The fraction of sp³-hybridized carbons (Fsp3) is 0.290. The van der Waals surface area contributed by atoms with E-state index < -0.39 is 12.0 Å². The predicted molar refractivity (Wildman–Crippen MR) is 145 cm³/mol. The molecule has 0 amide bonds. The van der Waals surface area contributed by atoms with E-state index in [0.29, 0.717) is 30.8 Å². The van der Waals surface area contributed by atoms with Crippen LogP contribution in [0.4, 0.5) is 0 Å². The van der Waals surface area contributed by atoms with Crippen molar-refractivity contribution < 1.29 is 19.7 Å². The van der Waals surface area contributed by atoms with Gasteiger partial charge in [-0.1, -0.05) is 67.1 Å². The standard InChI is InChI=1S/C31H32N2O4/c1-22-18-30(37-17-16-34)26(21-33-15-6-5-12-29(33)31(35)36)19-25(22)14-13-24-10-7-11-27(28(24)20-32)23-8-3-2-4-9-23/h2-4,7-11,13-14,18-19,29,34H,5-6,12,15-17,21H2,1H3,(H,35,36)/b14-13+. The van der Waals surface area contributed by atoms with E-state index >= 15 is 0 Å². The second-order valence-electron chi connectivity index (χ2n) is 9.29. The zero-order chi connectivity index (χ0) is 26.2. The highest BCUT2D eigenvalue weighted by atomic mass is 16.5. The van der Waals surface area contributed by atoms with E-state index in [1.54, 1.807) is 0 Å². The van der Waals surface area contributed by atoms with Gasteiger partial charge in [0.15, 0.2) is 0 Å². The number of benzene rings is 3. The summed E-state index contributed by atoms with van der Waals surface area (Å²) in [5.41, 5.74) is 6.15. The van der Waals surface area contributed by atoms with Gasteiger partial charge in [-0.05, 0) is 60.7 Å². The van der Waals surface area contributed by atoms with Crippen molar-refractivity contribution in [1.82, 2.24) is 4.90 Å². The zero-order valence-electron chi connectivity index (χ0n) is 21.1. The normalized spacial score (nSPS) is 16.0. The first-order valence-electron chi connectivity index (χ1n) is 12.6. The molecule has 1 aliphatic rings. The lowest BCUT2D eigenvalue weighted by Gasteiger charge is -2.33. The number of carboxylic acids is 1. The average Bonchev–Trinajstić information content (AvgIpc) is 2.92. The first-order valence-corrected chi connectivity index (χ1v) is 12.6. The monoisotopic (exact) mass is 496 g/mol. The molecule has 37 heavy (non-hydrogen) atoms. The van der Waals surface area contributed by atoms with Crippen LogP contribution in [0.15, 0.2) is 60.7 Å². The summed E-state index contributed by atoms with van der Waals surface area (Å²) in [5.74, 6) is -0.144. The number of hydrogen-bond acceptors (Lipinski definition) is 5. The lowest BCUT2D eigenvalue weighted by Crippen LogP contribution is -2.44. The third-order valence-corrected chi connectivity index (χ3v) is 6.81. The summed E-state index contributed by atoms with van der Waals surface area (Å²) >= 11 is 0. The number of aliphatic hydroxyl groups excluding tert-OH is 1. The van der Waals surface area contributed by atoms with Crippen LogP contribution in [0.1, 0.15) is 47.1 Å². The number of likely N-dealkylation sites (tertiary alicyclic amines) is 1. The number of carbonyl (C=O) groups is 1. The van der Waals surface area contributed by atoms with E-state index in [1.807, 2.05) is 84.6 Å². The highest BCUT2D eigenvalue weighted by molar-refractivity contribution is 5.81. The number of ether oxygens (including phenoxy) is 1. The van der Waals surface area contributed by atoms with Gasteiger partial charge >= 0.3 is 5.97 Å². The van der Waals surface area contributed by atoms with E-state index in [4.69, 9.17) is 4.74 Å². The van der Waals surface area contributed by atoms with Crippen LogP contribution in [-0.4, -0.2) is 46.9 Å². The van der Waals surface area contributed by atoms with Crippen molar-refractivity contribution in [3.05, 3.63) is 88.5 Å². The number of carboxylic acid groups (broad SMARTS) is 1. The molecule has 1 aliphatic heterocycles. The summed E-state index contributed by atoms with van der Waals surface area (Å²) in [6.45, 7) is 3.22. The maximum absolute atomic E-state index is 11.8. The molecule has 0 saturated carbocycles. The zero-order valence-corrected chi connectivity index (χ0v) is 21.1. The van der Waals surface area contributed by atoms with Crippen molar-refractivity contribution in [1.29, 1.82) is 5.26 Å². The first kappa shape index (κ1) is 26.2. The summed E-state index contributed by atoms with van der Waals surface area (Å²) < 4.78 is 5.83. The van der Waals surface area contributed by atoms with Gasteiger partial charge in [0.25, 0.3) is 0 Å². The second kappa shape index (κ2) is 12.4. The Hall–Kier alpha value is -3.92. The van der Waals surface area contributed by atoms with Crippen molar-refractivity contribution in [3.8, 4) is 22.9 Å². The van der Waals surface area contributed by atoms with Crippen molar-refractivity contribution in [3.63, 3.8) is 0 Å². The van der Waals surface area contributed by atoms with Gasteiger partial charge in [0.05, 0.1) is 12.2 Å². The number of rotatable bonds is 9. The van der Waals surface area contributed by atoms with Crippen LogP contribution >= 0.6 is 0 Å². The highest BCUT2D eigenvalue weighted by Crippen LogP contribution is 2.30. The first-order chi connectivity index (χ1) is 18.0. The van der Waals surface area contributed by atoms with Gasteiger partial charge < -0.3 is 14.9 Å². The third-order valence-electron chi connectivity index (χ3n) is 6.81. The molecule has 0 radical (unpaired) electrons. The second-order valence-corrected chi connectivity index (χ2v) is 9.29. The lowest BCUT2D eigenvalue weighted by atomic mass is 9.95. The predicted octanol–water partition coefficient (Wildman–Crippen LogP) is 5.51. The number of aliphatic hydroxyl groups is 1. The minimum atomic E-state index is -0.799. The Kier molecular flexibility index (Phi) is 8.73. The van der Waals surface area contributed by atoms with E-state index in [-0.39, 0.29) is 13.2 Å². The van der Waals surface area contributed by atoms with Gasteiger partial charge in [-0.2, -0.15) is 5.26 Å². The topological polar surface area (TPSA) is 93.8 Å². The number of nitriles is 1. The minimum absolute atomic E-state index is 0.101. The smallest absolute Gasteiger partial charge is 0.320 e. The molecule has 1 unspecified atom stereocenters. The molecule has 3 aromatic carbocycles. The average molecular weight is 497 g/mol. The Labute approximate surface area is 218 Å². The largest absolute Gasteiger partial charge is 0.491 e. The maximum atomic E-state index is 11.8. The Morgan fingerprint density at radius 1 is 1.11 bits per heavy atom. The van der Waals surface area contributed by atoms with Crippen LogP contribution < -0.4 is 4.74 Å². The Balaban J connectivity index is 1.68. The fourth-order valence-electron chi connectivity index (χ4n) is 4.89. The molecule has 0 bridgehead atoms. The molecule has 1 atom stereocenters. The summed E-state index contributed by atoms with van der Waals surface area (Å²) in [6, 6.07) is 21.5. The highest BCUT2D eigenvalue weighted by Gasteiger charge is 2.29. The molecule has 3 aromatic rings. The number of hydrogen-bond donors (Lipinski definition) is 2. The van der Waals surface area contributed by atoms with Crippen LogP contribution in [0, 0.1) is 18.3 Å². The van der Waals surface area contributed by atoms with Crippen molar-refractivity contribution >= 4 is 18.1 Å². The number of nitrogens with zero attached hydrogens (tertiary/aromatic N) is 2. The molecule has 190 valence electrons. The molecule has 0 aromatic heterocycles. The van der Waals surface area contributed by atoms with Gasteiger partial charge in [0, 0.05) is 17.7 Å². The number of piperidine rings is 1.